The molecule has 0 aromatic carbocycles. The maximum atomic E-state index is 12.1. The summed E-state index contributed by atoms with van der Waals surface area (Å²) >= 11 is 0. The van der Waals surface area contributed by atoms with Crippen LogP contribution in [0.3, 0.4) is 0 Å². The molecule has 1 rings (SSSR count). The molecule has 1 N–H and O–H groups in total. The minimum atomic E-state index is -3.03. The van der Waals surface area contributed by atoms with Gasteiger partial charge in [-0.05, 0) is 27.8 Å². The number of rotatable bonds is 7. The molecule has 1 heterocycles. The van der Waals surface area contributed by atoms with E-state index in [-0.39, 0.29) is 5.75 Å². The number of guanidine groups is 1. The highest BCUT2D eigenvalue weighted by Crippen LogP contribution is 2.23. The van der Waals surface area contributed by atoms with Crippen molar-refractivity contribution in [2.75, 3.05) is 65.8 Å². The predicted octanol–water partition coefficient (Wildman–Crippen LogP) is 0.0391. The van der Waals surface area contributed by atoms with Crippen LogP contribution in [0.4, 0.5) is 0 Å². The van der Waals surface area contributed by atoms with E-state index >= 15 is 0 Å². The Labute approximate surface area is 141 Å². The van der Waals surface area contributed by atoms with Gasteiger partial charge in [0.15, 0.2) is 15.8 Å². The first-order valence-corrected chi connectivity index (χ1v) is 9.82. The molecular formula is C15H32N4O3S. The van der Waals surface area contributed by atoms with Crippen LogP contribution >= 0.6 is 0 Å². The van der Waals surface area contributed by atoms with E-state index in [1.807, 2.05) is 14.0 Å². The van der Waals surface area contributed by atoms with E-state index < -0.39 is 14.6 Å². The van der Waals surface area contributed by atoms with Crippen LogP contribution in [0.25, 0.3) is 0 Å². The average molecular weight is 349 g/mol. The second kappa shape index (κ2) is 8.84. The Morgan fingerprint density at radius 2 is 2.09 bits per heavy atom. The van der Waals surface area contributed by atoms with Crippen LogP contribution in [-0.4, -0.2) is 94.7 Å². The molecule has 1 saturated heterocycles. The number of nitrogens with zero attached hydrogens (tertiary/aromatic N) is 3. The maximum absolute atomic E-state index is 12.1. The van der Waals surface area contributed by atoms with Crippen LogP contribution in [0.5, 0.6) is 0 Å². The number of aliphatic imine (C=N–C) groups is 1. The zero-order chi connectivity index (χ0) is 17.5. The van der Waals surface area contributed by atoms with Gasteiger partial charge in [-0.2, -0.15) is 0 Å². The van der Waals surface area contributed by atoms with Crippen molar-refractivity contribution < 1.29 is 13.2 Å². The third-order valence-corrected chi connectivity index (χ3v) is 6.63. The molecular weight excluding hydrogens is 316 g/mol. The zero-order valence-corrected chi connectivity index (χ0v) is 15.9. The van der Waals surface area contributed by atoms with E-state index in [1.54, 1.807) is 21.0 Å². The summed E-state index contributed by atoms with van der Waals surface area (Å²) in [5, 5.41) is 3.27. The lowest BCUT2D eigenvalue weighted by molar-refractivity contribution is 0.162. The minimum absolute atomic E-state index is 0.179. The molecule has 0 unspecified atom stereocenters. The summed E-state index contributed by atoms with van der Waals surface area (Å²) in [7, 11) is 0.702. The van der Waals surface area contributed by atoms with Crippen molar-refractivity contribution in [2.24, 2.45) is 4.99 Å². The number of sulfone groups is 1. The Balaban J connectivity index is 2.66. The largest absolute Gasteiger partial charge is 0.383 e. The van der Waals surface area contributed by atoms with Crippen molar-refractivity contribution in [3.05, 3.63) is 0 Å². The van der Waals surface area contributed by atoms with Gasteiger partial charge in [0.1, 0.15) is 0 Å². The van der Waals surface area contributed by atoms with Gasteiger partial charge in [0.05, 0.1) is 23.7 Å². The van der Waals surface area contributed by atoms with E-state index in [4.69, 9.17) is 4.74 Å². The highest BCUT2D eigenvalue weighted by molar-refractivity contribution is 7.92. The van der Waals surface area contributed by atoms with Gasteiger partial charge >= 0.3 is 0 Å². The first-order chi connectivity index (χ1) is 10.7. The Morgan fingerprint density at radius 1 is 1.39 bits per heavy atom. The van der Waals surface area contributed by atoms with Crippen LogP contribution in [0.2, 0.25) is 0 Å². The summed E-state index contributed by atoms with van der Waals surface area (Å²) in [5.41, 5.74) is 0. The Morgan fingerprint density at radius 3 is 2.65 bits per heavy atom. The molecule has 0 aliphatic carbocycles. The van der Waals surface area contributed by atoms with Gasteiger partial charge in [0, 0.05) is 39.8 Å². The number of likely N-dealkylation sites (N-methyl/N-ethyl adjacent to an activating group) is 1. The van der Waals surface area contributed by atoms with Crippen LogP contribution in [0.1, 0.15) is 20.8 Å². The fourth-order valence-electron chi connectivity index (χ4n) is 2.44. The molecule has 0 amide bonds. The van der Waals surface area contributed by atoms with Crippen molar-refractivity contribution in [3.8, 4) is 0 Å². The van der Waals surface area contributed by atoms with Crippen LogP contribution in [-0.2, 0) is 14.6 Å². The highest BCUT2D eigenvalue weighted by atomic mass is 32.2. The molecule has 0 spiro atoms. The normalized spacial score (nSPS) is 20.8. The summed E-state index contributed by atoms with van der Waals surface area (Å²) in [6, 6.07) is 0. The first-order valence-electron chi connectivity index (χ1n) is 8.16. The molecule has 0 saturated carbocycles. The van der Waals surface area contributed by atoms with E-state index in [1.165, 1.54) is 0 Å². The second-order valence-corrected chi connectivity index (χ2v) is 9.27. The lowest BCUT2D eigenvalue weighted by Crippen LogP contribution is -2.57. The smallest absolute Gasteiger partial charge is 0.194 e. The zero-order valence-electron chi connectivity index (χ0n) is 15.1. The minimum Gasteiger partial charge on any atom is -0.383 e. The quantitative estimate of drug-likeness (QED) is 0.517. The molecule has 1 aliphatic rings. The van der Waals surface area contributed by atoms with Gasteiger partial charge in [-0.3, -0.25) is 4.99 Å². The maximum Gasteiger partial charge on any atom is 0.194 e. The number of hydrogen-bond acceptors (Lipinski definition) is 5. The van der Waals surface area contributed by atoms with Crippen molar-refractivity contribution in [2.45, 2.75) is 25.5 Å². The lowest BCUT2D eigenvalue weighted by atomic mass is 10.2. The van der Waals surface area contributed by atoms with Crippen molar-refractivity contribution in [3.63, 3.8) is 0 Å². The van der Waals surface area contributed by atoms with E-state index in [2.05, 4.69) is 20.1 Å². The average Bonchev–Trinajstić information content (AvgIpc) is 2.47. The van der Waals surface area contributed by atoms with Gasteiger partial charge in [-0.15, -0.1) is 0 Å². The third-order valence-electron chi connectivity index (χ3n) is 4.10. The topological polar surface area (TPSA) is 74.2 Å². The molecule has 1 aliphatic heterocycles. The summed E-state index contributed by atoms with van der Waals surface area (Å²) in [6.07, 6.45) is 0. The predicted molar refractivity (Wildman–Crippen MR) is 94.8 cm³/mol. The SMILES string of the molecule is CCNC(=NCCN(C)CCOC)N1CCS(=O)(=O)C(C)(C)C1. The van der Waals surface area contributed by atoms with Gasteiger partial charge in [-0.25, -0.2) is 8.42 Å². The third kappa shape index (κ3) is 5.93. The summed E-state index contributed by atoms with van der Waals surface area (Å²) < 4.78 is 28.6. The fraction of sp³-hybridized carbons (Fsp3) is 0.933. The number of nitrogens with one attached hydrogen (secondary N) is 1. The Hall–Kier alpha value is -0.860. The van der Waals surface area contributed by atoms with Gasteiger partial charge < -0.3 is 19.9 Å². The summed E-state index contributed by atoms with van der Waals surface area (Å²) in [4.78, 5) is 8.88. The number of ether oxygens (including phenoxy) is 1. The van der Waals surface area contributed by atoms with Crippen molar-refractivity contribution >= 4 is 15.8 Å². The summed E-state index contributed by atoms with van der Waals surface area (Å²) in [5.74, 6) is 0.980. The van der Waals surface area contributed by atoms with Gasteiger partial charge in [0.2, 0.25) is 0 Å². The Kier molecular flexibility index (Phi) is 7.76. The number of hydrogen-bond donors (Lipinski definition) is 1. The Bertz CT molecular complexity index is 491. The van der Waals surface area contributed by atoms with E-state index in [0.29, 0.717) is 26.2 Å². The lowest BCUT2D eigenvalue weighted by Gasteiger charge is -2.39. The van der Waals surface area contributed by atoms with E-state index in [0.717, 1.165) is 25.6 Å². The monoisotopic (exact) mass is 348 g/mol. The van der Waals surface area contributed by atoms with Crippen molar-refractivity contribution in [1.29, 1.82) is 0 Å². The molecule has 7 nitrogen and oxygen atoms in total. The summed E-state index contributed by atoms with van der Waals surface area (Å²) in [6.45, 7) is 10.4. The molecule has 0 radical (unpaired) electrons. The van der Waals surface area contributed by atoms with Crippen LogP contribution in [0, 0.1) is 0 Å². The standard InChI is InChI=1S/C15H32N4O3S/c1-6-16-14(17-7-8-18(4)9-11-22-5)19-10-12-23(20,21)15(2,3)13-19/h6-13H2,1-5H3,(H,16,17). The van der Waals surface area contributed by atoms with Crippen molar-refractivity contribution in [1.82, 2.24) is 15.1 Å². The molecule has 8 heteroatoms. The second-order valence-electron chi connectivity index (χ2n) is 6.53. The molecule has 0 bridgehead atoms. The number of methoxy groups -OCH3 is 1. The first kappa shape index (κ1) is 20.2. The molecule has 136 valence electrons. The molecule has 0 atom stereocenters. The van der Waals surface area contributed by atoms with E-state index in [9.17, 15) is 8.42 Å². The van der Waals surface area contributed by atoms with Gasteiger partial charge in [-0.1, -0.05) is 0 Å². The van der Waals surface area contributed by atoms with Gasteiger partial charge in [0.25, 0.3) is 0 Å². The van der Waals surface area contributed by atoms with Crippen LogP contribution < -0.4 is 5.32 Å². The molecule has 23 heavy (non-hydrogen) atoms. The molecule has 0 aromatic heterocycles. The van der Waals surface area contributed by atoms with Crippen LogP contribution in [0.15, 0.2) is 4.99 Å². The fourth-order valence-corrected chi connectivity index (χ4v) is 3.80. The molecule has 1 fully saturated rings. The molecule has 0 aromatic rings. The highest BCUT2D eigenvalue weighted by Gasteiger charge is 2.40.